The highest BCUT2D eigenvalue weighted by molar-refractivity contribution is 6.36. The van der Waals surface area contributed by atoms with Crippen molar-refractivity contribution in [3.8, 4) is 0 Å². The molecule has 0 unspecified atom stereocenters. The number of hydrogen-bond acceptors (Lipinski definition) is 7. The number of nitrogens with zero attached hydrogens (tertiary/aromatic N) is 3. The first-order valence-electron chi connectivity index (χ1n) is 9.51. The van der Waals surface area contributed by atoms with Gasteiger partial charge < -0.3 is 20.9 Å². The van der Waals surface area contributed by atoms with Crippen LogP contribution >= 0.6 is 23.2 Å². The number of carboxylic acids is 1. The van der Waals surface area contributed by atoms with Gasteiger partial charge in [0.15, 0.2) is 6.10 Å². The second kappa shape index (κ2) is 10.9. The number of hydrogen-bond donors (Lipinski definition) is 3. The van der Waals surface area contributed by atoms with Gasteiger partial charge >= 0.3 is 18.3 Å². The molecule has 0 aliphatic carbocycles. The third-order valence-electron chi connectivity index (χ3n) is 4.43. The summed E-state index contributed by atoms with van der Waals surface area (Å²) in [5, 5.41) is 9.65. The number of pyridine rings is 2. The number of alkyl halides is 6. The van der Waals surface area contributed by atoms with Gasteiger partial charge in [-0.25, -0.2) is 24.1 Å². The van der Waals surface area contributed by atoms with E-state index in [4.69, 9.17) is 38.8 Å². The van der Waals surface area contributed by atoms with Gasteiger partial charge in [0.2, 0.25) is 0 Å². The van der Waals surface area contributed by atoms with Crippen LogP contribution in [0.3, 0.4) is 0 Å². The molecular weight excluding hydrogens is 566 g/mol. The number of halogens is 9. The molecule has 2 aromatic rings. The minimum absolute atomic E-state index is 0.0379. The Morgan fingerprint density at radius 3 is 2.32 bits per heavy atom. The molecule has 0 bridgehead atoms. The monoisotopic (exact) mass is 579 g/mol. The van der Waals surface area contributed by atoms with E-state index >= 15 is 0 Å². The molecule has 0 saturated carbocycles. The van der Waals surface area contributed by atoms with Gasteiger partial charge in [0.1, 0.15) is 28.6 Å². The van der Waals surface area contributed by atoms with E-state index < -0.39 is 59.8 Å². The number of amidine groups is 1. The number of amides is 1. The lowest BCUT2D eigenvalue weighted by Crippen LogP contribution is -2.46. The molecule has 2 atom stereocenters. The smallest absolute Gasteiger partial charge is 0.475 e. The molecule has 0 fully saturated rings. The van der Waals surface area contributed by atoms with Gasteiger partial charge in [-0.15, -0.1) is 0 Å². The fraction of sp³-hybridized carbons (Fsp3) is 0.316. The zero-order valence-electron chi connectivity index (χ0n) is 18.1. The Kier molecular flexibility index (Phi) is 8.80. The zero-order chi connectivity index (χ0) is 28.3. The maximum atomic E-state index is 14.5. The third kappa shape index (κ3) is 7.79. The van der Waals surface area contributed by atoms with E-state index in [9.17, 15) is 35.5 Å². The van der Waals surface area contributed by atoms with Crippen molar-refractivity contribution >= 4 is 46.9 Å². The van der Waals surface area contributed by atoms with Crippen molar-refractivity contribution in [3.05, 3.63) is 51.6 Å². The van der Waals surface area contributed by atoms with Crippen molar-refractivity contribution in [3.63, 3.8) is 0 Å². The first-order valence-corrected chi connectivity index (χ1v) is 10.3. The number of aliphatic imine (C=N–C) groups is 1. The summed E-state index contributed by atoms with van der Waals surface area (Å²) in [5.74, 6) is -4.63. The second-order valence-electron chi connectivity index (χ2n) is 7.34. The first kappa shape index (κ1) is 29.8. The quantitative estimate of drug-likeness (QED) is 0.448. The van der Waals surface area contributed by atoms with E-state index in [2.05, 4.69) is 25.0 Å². The number of carboxylic acid groups (broad SMARTS) is 1. The van der Waals surface area contributed by atoms with Crippen LogP contribution in [0.2, 0.25) is 10.0 Å². The van der Waals surface area contributed by atoms with Crippen LogP contribution in [0.25, 0.3) is 0 Å². The minimum atomic E-state index is -5.08. The number of aromatic nitrogens is 2. The number of nitrogens with one attached hydrogen (secondary N) is 1. The molecule has 1 amide bonds. The van der Waals surface area contributed by atoms with Gasteiger partial charge in [-0.05, 0) is 25.1 Å². The summed E-state index contributed by atoms with van der Waals surface area (Å²) in [5.41, 5.74) is 2.97. The summed E-state index contributed by atoms with van der Waals surface area (Å²) in [6.45, 7) is 1.23. The lowest BCUT2D eigenvalue weighted by Gasteiger charge is -2.35. The average molecular weight is 580 g/mol. The first-order chi connectivity index (χ1) is 16.8. The molecule has 1 aliphatic rings. The molecule has 0 radical (unpaired) electrons. The zero-order valence-corrected chi connectivity index (χ0v) is 19.6. The molecule has 0 saturated heterocycles. The normalized spacial score (nSPS) is 19.6. The molecule has 2 aromatic heterocycles. The van der Waals surface area contributed by atoms with Crippen LogP contribution in [-0.4, -0.2) is 51.4 Å². The van der Waals surface area contributed by atoms with E-state index in [-0.39, 0.29) is 21.6 Å². The van der Waals surface area contributed by atoms with Crippen LogP contribution in [0.1, 0.15) is 29.5 Å². The Morgan fingerprint density at radius 2 is 1.81 bits per heavy atom. The minimum Gasteiger partial charge on any atom is -0.475 e. The Labute approximate surface area is 212 Å². The molecule has 4 N–H and O–H groups in total. The molecule has 3 rings (SSSR count). The second-order valence-corrected chi connectivity index (χ2v) is 8.19. The van der Waals surface area contributed by atoms with Crippen molar-refractivity contribution in [2.75, 3.05) is 5.32 Å². The van der Waals surface area contributed by atoms with Crippen LogP contribution in [0.4, 0.5) is 36.6 Å². The molecule has 37 heavy (non-hydrogen) atoms. The maximum absolute atomic E-state index is 14.5. The number of carbonyl (C=O) groups is 2. The molecular formula is C19H14Cl2F7N5O4. The van der Waals surface area contributed by atoms with E-state index in [1.807, 2.05) is 0 Å². The fourth-order valence-corrected chi connectivity index (χ4v) is 3.31. The van der Waals surface area contributed by atoms with Crippen LogP contribution in [-0.2, 0) is 15.1 Å². The Bertz CT molecular complexity index is 1230. The predicted octanol–water partition coefficient (Wildman–Crippen LogP) is 4.69. The summed E-state index contributed by atoms with van der Waals surface area (Å²) in [6, 6.07) is 2.60. The lowest BCUT2D eigenvalue weighted by molar-refractivity contribution is -0.208. The number of nitrogens with two attached hydrogens (primary N) is 1. The SMILES string of the molecule is C[C@@]1(c2nc(NC(=O)c3ncc(Cl)cc3Cl)ccc2F)C[C@@H](C(F)(F)F)OC(N)=N1.O=C(O)C(F)(F)F. The summed E-state index contributed by atoms with van der Waals surface area (Å²) in [4.78, 5) is 32.8. The molecule has 1 aliphatic heterocycles. The standard InChI is InChI=1S/C17H13Cl2F4N5O2.C2HF3O2/c1-16(5-10(17(21,22)23)30-15(24)28-16)13-9(20)2-3-11(26-13)27-14(29)12-8(19)4-7(18)6-25-12;3-2(4,5)1(6)7/h2-4,6,10H,5H2,1H3,(H2,24,28)(H,26,27,29);(H,6,7)/t10-,16-;/m0./s1. The Morgan fingerprint density at radius 1 is 1.22 bits per heavy atom. The molecule has 202 valence electrons. The largest absolute Gasteiger partial charge is 0.490 e. The molecule has 9 nitrogen and oxygen atoms in total. The predicted molar refractivity (Wildman–Crippen MR) is 115 cm³/mol. The molecule has 0 aromatic carbocycles. The van der Waals surface area contributed by atoms with Crippen molar-refractivity contribution in [1.82, 2.24) is 9.97 Å². The van der Waals surface area contributed by atoms with Gasteiger partial charge in [-0.1, -0.05) is 23.2 Å². The highest BCUT2D eigenvalue weighted by atomic mass is 35.5. The highest BCUT2D eigenvalue weighted by Gasteiger charge is 2.50. The Hall–Kier alpha value is -3.40. The van der Waals surface area contributed by atoms with Gasteiger partial charge in [0.05, 0.1) is 10.0 Å². The number of rotatable bonds is 3. The molecule has 18 heteroatoms. The van der Waals surface area contributed by atoms with Crippen molar-refractivity contribution in [2.45, 2.75) is 37.3 Å². The van der Waals surface area contributed by atoms with E-state index in [1.165, 1.54) is 19.2 Å². The molecule has 3 heterocycles. The van der Waals surface area contributed by atoms with E-state index in [1.54, 1.807) is 0 Å². The van der Waals surface area contributed by atoms with Crippen molar-refractivity contribution in [2.24, 2.45) is 10.7 Å². The number of ether oxygens (including phenoxy) is 1. The van der Waals surface area contributed by atoms with Gasteiger partial charge in [0, 0.05) is 12.6 Å². The van der Waals surface area contributed by atoms with Crippen molar-refractivity contribution < 1.29 is 50.2 Å². The van der Waals surface area contributed by atoms with Gasteiger partial charge in [-0.3, -0.25) is 4.79 Å². The fourth-order valence-electron chi connectivity index (χ4n) is 2.84. The topological polar surface area (TPSA) is 140 Å². The number of carbonyl (C=O) groups excluding carboxylic acids is 1. The van der Waals surface area contributed by atoms with Crippen LogP contribution in [0.15, 0.2) is 29.4 Å². The van der Waals surface area contributed by atoms with E-state index in [0.717, 1.165) is 12.1 Å². The number of anilines is 1. The molecule has 0 spiro atoms. The van der Waals surface area contributed by atoms with Gasteiger partial charge in [-0.2, -0.15) is 26.3 Å². The average Bonchev–Trinajstić information content (AvgIpc) is 2.73. The highest BCUT2D eigenvalue weighted by Crippen LogP contribution is 2.40. The van der Waals surface area contributed by atoms with Crippen molar-refractivity contribution in [1.29, 1.82) is 0 Å². The summed E-state index contributed by atoms with van der Waals surface area (Å²) < 4.78 is 90.2. The summed E-state index contributed by atoms with van der Waals surface area (Å²) in [7, 11) is 0. The third-order valence-corrected chi connectivity index (χ3v) is 4.93. The summed E-state index contributed by atoms with van der Waals surface area (Å²) in [6.07, 6.45) is -11.7. The maximum Gasteiger partial charge on any atom is 0.490 e. The van der Waals surface area contributed by atoms with E-state index in [0.29, 0.717) is 0 Å². The Balaban J connectivity index is 0.000000604. The number of aliphatic carboxylic acids is 1. The van der Waals surface area contributed by atoms with Crippen LogP contribution in [0.5, 0.6) is 0 Å². The lowest BCUT2D eigenvalue weighted by atomic mass is 9.89. The van der Waals surface area contributed by atoms with Gasteiger partial charge in [0.25, 0.3) is 11.9 Å². The van der Waals surface area contributed by atoms with Crippen LogP contribution < -0.4 is 11.1 Å². The van der Waals surface area contributed by atoms with Crippen LogP contribution in [0, 0.1) is 5.82 Å². The summed E-state index contributed by atoms with van der Waals surface area (Å²) >= 11 is 11.7.